The maximum absolute atomic E-state index is 13.8. The molecular weight excluding hydrogens is 466 g/mol. The Balaban J connectivity index is 1.83. The molecule has 31 heavy (non-hydrogen) atoms. The lowest BCUT2D eigenvalue weighted by Crippen LogP contribution is -2.30. The molecule has 0 bridgehead atoms. The van der Waals surface area contributed by atoms with Gasteiger partial charge in [0.15, 0.2) is 5.43 Å². The second-order valence-electron chi connectivity index (χ2n) is 6.90. The van der Waals surface area contributed by atoms with Gasteiger partial charge in [0.1, 0.15) is 17.2 Å². The van der Waals surface area contributed by atoms with E-state index in [0.29, 0.717) is 15.6 Å². The molecular formula is C22H10Cl3FN2O3. The van der Waals surface area contributed by atoms with E-state index in [1.807, 2.05) is 0 Å². The maximum atomic E-state index is 13.8. The van der Waals surface area contributed by atoms with Gasteiger partial charge in [-0.3, -0.25) is 14.5 Å². The van der Waals surface area contributed by atoms with E-state index in [0.717, 1.165) is 12.1 Å². The van der Waals surface area contributed by atoms with Crippen LogP contribution in [0.2, 0.25) is 15.1 Å². The number of fused-ring (bicyclic) bond motifs is 2. The van der Waals surface area contributed by atoms with Crippen LogP contribution in [0.15, 0.2) is 63.9 Å². The molecule has 1 aliphatic rings. The Morgan fingerprint density at radius 2 is 1.77 bits per heavy atom. The summed E-state index contributed by atoms with van der Waals surface area (Å²) >= 11 is 18.2. The number of anilines is 1. The van der Waals surface area contributed by atoms with E-state index in [4.69, 9.17) is 39.2 Å². The molecule has 5 nitrogen and oxygen atoms in total. The van der Waals surface area contributed by atoms with Crippen LogP contribution < -0.4 is 10.3 Å². The van der Waals surface area contributed by atoms with Crippen molar-refractivity contribution in [3.63, 3.8) is 0 Å². The second-order valence-corrected chi connectivity index (χ2v) is 8.15. The summed E-state index contributed by atoms with van der Waals surface area (Å²) in [4.78, 5) is 32.3. The van der Waals surface area contributed by atoms with E-state index in [9.17, 15) is 14.0 Å². The molecule has 9 heteroatoms. The predicted molar refractivity (Wildman–Crippen MR) is 117 cm³/mol. The number of carbonyl (C=O) groups is 1. The molecule has 0 N–H and O–H groups in total. The minimum Gasteiger partial charge on any atom is -0.450 e. The van der Waals surface area contributed by atoms with Crippen LogP contribution in [0.25, 0.3) is 11.0 Å². The van der Waals surface area contributed by atoms with Crippen molar-refractivity contribution in [2.75, 3.05) is 4.90 Å². The molecule has 2 aromatic carbocycles. The first-order chi connectivity index (χ1) is 14.8. The average molecular weight is 476 g/mol. The van der Waals surface area contributed by atoms with E-state index in [1.54, 1.807) is 30.3 Å². The summed E-state index contributed by atoms with van der Waals surface area (Å²) in [5.74, 6) is -1.04. The van der Waals surface area contributed by atoms with Gasteiger partial charge in [0.25, 0.3) is 5.91 Å². The molecule has 5 rings (SSSR count). The number of hydrogen-bond acceptors (Lipinski definition) is 4. The number of halogens is 4. The molecule has 3 heterocycles. The highest BCUT2D eigenvalue weighted by Gasteiger charge is 2.44. The highest BCUT2D eigenvalue weighted by molar-refractivity contribution is 6.42. The lowest BCUT2D eigenvalue weighted by Gasteiger charge is -2.24. The van der Waals surface area contributed by atoms with Gasteiger partial charge in [0, 0.05) is 6.20 Å². The smallest absolute Gasteiger partial charge is 0.296 e. The highest BCUT2D eigenvalue weighted by Crippen LogP contribution is 2.42. The number of carbonyl (C=O) groups excluding carboxylic acids is 1. The van der Waals surface area contributed by atoms with Crippen molar-refractivity contribution in [1.29, 1.82) is 0 Å². The molecule has 0 radical (unpaired) electrons. The summed E-state index contributed by atoms with van der Waals surface area (Å²) in [6, 6.07) is 10.6. The van der Waals surface area contributed by atoms with Crippen LogP contribution in [-0.2, 0) is 0 Å². The van der Waals surface area contributed by atoms with Gasteiger partial charge < -0.3 is 4.42 Å². The normalized spacial score (nSPS) is 15.5. The van der Waals surface area contributed by atoms with Crippen LogP contribution in [0.3, 0.4) is 0 Å². The number of pyridine rings is 1. The van der Waals surface area contributed by atoms with Gasteiger partial charge in [-0.2, -0.15) is 0 Å². The monoisotopic (exact) mass is 474 g/mol. The van der Waals surface area contributed by atoms with Crippen molar-refractivity contribution in [2.45, 2.75) is 6.04 Å². The molecule has 1 unspecified atom stereocenters. The van der Waals surface area contributed by atoms with Crippen molar-refractivity contribution in [2.24, 2.45) is 0 Å². The fraction of sp³-hybridized carbons (Fsp3) is 0.0455. The van der Waals surface area contributed by atoms with E-state index in [2.05, 4.69) is 4.98 Å². The third-order valence-electron chi connectivity index (χ3n) is 5.05. The Labute approximate surface area is 189 Å². The van der Waals surface area contributed by atoms with Crippen molar-refractivity contribution in [1.82, 2.24) is 4.98 Å². The molecule has 0 aliphatic carbocycles. The Kier molecular flexibility index (Phi) is 4.73. The SMILES string of the molecule is O=C1c2oc3ccc(F)cc3c(=O)c2C(c2ccc(Cl)c(Cl)c2)N1c1ccc(Cl)cn1. The number of rotatable bonds is 2. The zero-order valence-electron chi connectivity index (χ0n) is 15.4. The first kappa shape index (κ1) is 20.0. The first-order valence-electron chi connectivity index (χ1n) is 9.01. The molecule has 0 fully saturated rings. The molecule has 0 saturated carbocycles. The Morgan fingerprint density at radius 3 is 2.48 bits per heavy atom. The lowest BCUT2D eigenvalue weighted by atomic mass is 9.98. The standard InChI is InChI=1S/C22H10Cl3FN2O3/c23-11-2-6-17(27-9-11)28-19(10-1-4-14(24)15(25)7-10)18-20(29)13-8-12(26)3-5-16(13)31-21(18)22(28)30/h1-9,19H. The average Bonchev–Trinajstić information content (AvgIpc) is 3.04. The van der Waals surface area contributed by atoms with Crippen LogP contribution >= 0.6 is 34.8 Å². The molecule has 1 atom stereocenters. The first-order valence-corrected chi connectivity index (χ1v) is 10.1. The maximum Gasteiger partial charge on any atom is 0.296 e. The topological polar surface area (TPSA) is 63.4 Å². The molecule has 0 spiro atoms. The number of aromatic nitrogens is 1. The molecule has 4 aromatic rings. The van der Waals surface area contributed by atoms with Crippen LogP contribution in [0, 0.1) is 5.82 Å². The van der Waals surface area contributed by atoms with Gasteiger partial charge >= 0.3 is 0 Å². The molecule has 1 aliphatic heterocycles. The van der Waals surface area contributed by atoms with Crippen molar-refractivity contribution in [3.8, 4) is 0 Å². The number of hydrogen-bond donors (Lipinski definition) is 0. The van der Waals surface area contributed by atoms with E-state index >= 15 is 0 Å². The van der Waals surface area contributed by atoms with Crippen molar-refractivity contribution in [3.05, 3.63) is 103 Å². The summed E-state index contributed by atoms with van der Waals surface area (Å²) in [7, 11) is 0. The van der Waals surface area contributed by atoms with Gasteiger partial charge in [0.2, 0.25) is 5.76 Å². The van der Waals surface area contributed by atoms with Crippen LogP contribution in [0.5, 0.6) is 0 Å². The largest absolute Gasteiger partial charge is 0.450 e. The molecule has 0 saturated heterocycles. The van der Waals surface area contributed by atoms with Crippen molar-refractivity contribution < 1.29 is 13.6 Å². The van der Waals surface area contributed by atoms with Crippen LogP contribution in [-0.4, -0.2) is 10.9 Å². The van der Waals surface area contributed by atoms with E-state index in [1.165, 1.54) is 17.2 Å². The summed E-state index contributed by atoms with van der Waals surface area (Å²) < 4.78 is 19.6. The van der Waals surface area contributed by atoms with E-state index in [-0.39, 0.29) is 33.1 Å². The Morgan fingerprint density at radius 1 is 0.968 bits per heavy atom. The van der Waals surface area contributed by atoms with Gasteiger partial charge in [-0.05, 0) is 48.0 Å². The highest BCUT2D eigenvalue weighted by atomic mass is 35.5. The summed E-state index contributed by atoms with van der Waals surface area (Å²) in [6.07, 6.45) is 1.39. The van der Waals surface area contributed by atoms with Crippen LogP contribution in [0.1, 0.15) is 27.7 Å². The predicted octanol–water partition coefficient (Wildman–Crippen LogP) is 6.04. The number of benzene rings is 2. The summed E-state index contributed by atoms with van der Waals surface area (Å²) in [5.41, 5.74) is 0.175. The third-order valence-corrected chi connectivity index (χ3v) is 6.01. The summed E-state index contributed by atoms with van der Waals surface area (Å²) in [5, 5.41) is 0.982. The fourth-order valence-electron chi connectivity index (χ4n) is 3.69. The van der Waals surface area contributed by atoms with Crippen molar-refractivity contribution >= 4 is 57.5 Å². The lowest BCUT2D eigenvalue weighted by molar-refractivity contribution is 0.0970. The Bertz CT molecular complexity index is 1440. The summed E-state index contributed by atoms with van der Waals surface area (Å²) in [6.45, 7) is 0. The fourth-order valence-corrected chi connectivity index (χ4v) is 4.11. The van der Waals surface area contributed by atoms with Gasteiger partial charge in [0.05, 0.1) is 32.1 Å². The number of amides is 1. The second kappa shape index (κ2) is 7.34. The van der Waals surface area contributed by atoms with Gasteiger partial charge in [-0.15, -0.1) is 0 Å². The van der Waals surface area contributed by atoms with E-state index < -0.39 is 23.2 Å². The molecule has 2 aromatic heterocycles. The van der Waals surface area contributed by atoms with Gasteiger partial charge in [-0.25, -0.2) is 9.37 Å². The third kappa shape index (κ3) is 3.19. The quantitative estimate of drug-likeness (QED) is 0.355. The van der Waals surface area contributed by atoms with Crippen LogP contribution in [0.4, 0.5) is 10.2 Å². The zero-order chi connectivity index (χ0) is 21.9. The molecule has 154 valence electrons. The minimum absolute atomic E-state index is 0.0301. The van der Waals surface area contributed by atoms with Gasteiger partial charge in [-0.1, -0.05) is 40.9 Å². The Hall–Kier alpha value is -2.93. The zero-order valence-corrected chi connectivity index (χ0v) is 17.7. The molecule has 1 amide bonds. The number of nitrogens with zero attached hydrogens (tertiary/aromatic N) is 2. The minimum atomic E-state index is -0.908.